The van der Waals surface area contributed by atoms with Crippen molar-refractivity contribution in [1.82, 2.24) is 20.5 Å². The van der Waals surface area contributed by atoms with E-state index in [-0.39, 0.29) is 6.54 Å². The Labute approximate surface area is 159 Å². The highest BCUT2D eigenvalue weighted by atomic mass is 19.3. The Hall–Kier alpha value is -2.15. The van der Waals surface area contributed by atoms with Crippen molar-refractivity contribution in [2.24, 2.45) is 4.99 Å². The summed E-state index contributed by atoms with van der Waals surface area (Å²) in [7, 11) is 1.76. The molecule has 3 rings (SSSR count). The van der Waals surface area contributed by atoms with E-state index in [1.807, 2.05) is 11.0 Å². The summed E-state index contributed by atoms with van der Waals surface area (Å²) in [6.07, 6.45) is 3.58. The van der Waals surface area contributed by atoms with E-state index >= 15 is 0 Å². The van der Waals surface area contributed by atoms with Gasteiger partial charge in [0.2, 0.25) is 0 Å². The predicted octanol–water partition coefficient (Wildman–Crippen LogP) is 3.00. The molecule has 1 aliphatic rings. The Balaban J connectivity index is 1.37. The molecule has 0 amide bonds. The fourth-order valence-corrected chi connectivity index (χ4v) is 3.67. The zero-order valence-corrected chi connectivity index (χ0v) is 15.8. The van der Waals surface area contributed by atoms with Gasteiger partial charge in [0.1, 0.15) is 0 Å². The van der Waals surface area contributed by atoms with Crippen LogP contribution in [0.5, 0.6) is 0 Å². The average molecular weight is 377 g/mol. The molecule has 5 nitrogen and oxygen atoms in total. The molecule has 0 radical (unpaired) electrons. The zero-order valence-electron chi connectivity index (χ0n) is 15.8. The van der Waals surface area contributed by atoms with Crippen LogP contribution in [0.2, 0.25) is 0 Å². The molecular formula is C20H29F2N5. The maximum atomic E-state index is 12.5. The predicted molar refractivity (Wildman–Crippen MR) is 107 cm³/mol. The third-order valence-electron chi connectivity index (χ3n) is 5.14. The second-order valence-corrected chi connectivity index (χ2v) is 7.07. The van der Waals surface area contributed by atoms with E-state index in [4.69, 9.17) is 0 Å². The van der Waals surface area contributed by atoms with Crippen LogP contribution >= 0.6 is 0 Å². The van der Waals surface area contributed by atoms with E-state index in [9.17, 15) is 8.78 Å². The van der Waals surface area contributed by atoms with Gasteiger partial charge in [-0.1, -0.05) is 18.2 Å². The number of H-pyrrole nitrogens is 1. The van der Waals surface area contributed by atoms with Crippen molar-refractivity contribution in [3.8, 4) is 0 Å². The summed E-state index contributed by atoms with van der Waals surface area (Å²) in [5, 5.41) is 8.07. The van der Waals surface area contributed by atoms with E-state index in [0.29, 0.717) is 19.1 Å². The van der Waals surface area contributed by atoms with E-state index in [0.717, 1.165) is 38.2 Å². The first-order valence-electron chi connectivity index (χ1n) is 9.68. The first-order valence-corrected chi connectivity index (χ1v) is 9.68. The molecule has 1 fully saturated rings. The molecule has 0 spiro atoms. The number of aromatic nitrogens is 1. The lowest BCUT2D eigenvalue weighted by atomic mass is 10.1. The zero-order chi connectivity index (χ0) is 19.1. The molecule has 0 unspecified atom stereocenters. The number of nitrogens with zero attached hydrogens (tertiary/aromatic N) is 2. The molecule has 7 heteroatoms. The number of alkyl halides is 2. The Kier molecular flexibility index (Phi) is 7.04. The fourth-order valence-electron chi connectivity index (χ4n) is 3.67. The number of hydrogen-bond donors (Lipinski definition) is 3. The summed E-state index contributed by atoms with van der Waals surface area (Å²) in [4.78, 5) is 9.43. The van der Waals surface area contributed by atoms with Gasteiger partial charge in [-0.15, -0.1) is 0 Å². The summed E-state index contributed by atoms with van der Waals surface area (Å²) in [6, 6.07) is 8.64. The number of aliphatic imine (C=N–C) groups is 1. The van der Waals surface area contributed by atoms with Gasteiger partial charge in [0.25, 0.3) is 6.43 Å². The molecule has 0 aliphatic carbocycles. The highest BCUT2D eigenvalue weighted by Gasteiger charge is 2.21. The van der Waals surface area contributed by atoms with E-state index in [1.54, 1.807) is 7.05 Å². The lowest BCUT2D eigenvalue weighted by molar-refractivity contribution is 0.0744. The van der Waals surface area contributed by atoms with Gasteiger partial charge < -0.3 is 15.6 Å². The quantitative estimate of drug-likeness (QED) is 0.395. The van der Waals surface area contributed by atoms with Crippen molar-refractivity contribution in [1.29, 1.82) is 0 Å². The molecule has 1 aliphatic heterocycles. The second-order valence-electron chi connectivity index (χ2n) is 7.07. The molecule has 148 valence electrons. The van der Waals surface area contributed by atoms with Gasteiger partial charge in [0.15, 0.2) is 5.96 Å². The normalized spacial score (nSPS) is 17.0. The number of nitrogens with one attached hydrogen (secondary N) is 3. The third kappa shape index (κ3) is 5.66. The van der Waals surface area contributed by atoms with E-state index in [2.05, 4.69) is 45.0 Å². The van der Waals surface area contributed by atoms with Crippen LogP contribution in [-0.4, -0.2) is 61.5 Å². The lowest BCUT2D eigenvalue weighted by Gasteiger charge is -2.32. The van der Waals surface area contributed by atoms with Crippen LogP contribution in [0.3, 0.4) is 0 Å². The average Bonchev–Trinajstić information content (AvgIpc) is 3.08. The van der Waals surface area contributed by atoms with Gasteiger partial charge >= 0.3 is 0 Å². The third-order valence-corrected chi connectivity index (χ3v) is 5.14. The van der Waals surface area contributed by atoms with Crippen LogP contribution < -0.4 is 10.6 Å². The van der Waals surface area contributed by atoms with Crippen LogP contribution in [0.25, 0.3) is 10.9 Å². The van der Waals surface area contributed by atoms with Crippen LogP contribution in [0, 0.1) is 0 Å². The topological polar surface area (TPSA) is 55.5 Å². The Bertz CT molecular complexity index is 735. The number of halogens is 2. The summed E-state index contributed by atoms with van der Waals surface area (Å²) in [6.45, 7) is 2.13. The molecule has 2 heterocycles. The van der Waals surface area contributed by atoms with Crippen LogP contribution in [-0.2, 0) is 6.42 Å². The first kappa shape index (κ1) is 19.6. The minimum absolute atomic E-state index is 0.118. The number of benzene rings is 1. The molecule has 27 heavy (non-hydrogen) atoms. The smallest absolute Gasteiger partial charge is 0.251 e. The number of rotatable bonds is 7. The van der Waals surface area contributed by atoms with E-state index < -0.39 is 6.43 Å². The Morgan fingerprint density at radius 3 is 2.81 bits per heavy atom. The molecule has 0 atom stereocenters. The minimum atomic E-state index is -2.25. The SMILES string of the molecule is CN=C(NCCCc1c[nH]c2ccccc12)NC1CCN(CC(F)F)CC1. The number of fused-ring (bicyclic) bond motifs is 1. The van der Waals surface area contributed by atoms with Crippen LogP contribution in [0.1, 0.15) is 24.8 Å². The van der Waals surface area contributed by atoms with Crippen molar-refractivity contribution >= 4 is 16.9 Å². The Morgan fingerprint density at radius 2 is 2.07 bits per heavy atom. The number of para-hydroxylation sites is 1. The number of piperidine rings is 1. The van der Waals surface area contributed by atoms with Crippen molar-refractivity contribution in [3.05, 3.63) is 36.0 Å². The number of aromatic amines is 1. The first-order chi connectivity index (χ1) is 13.2. The number of guanidine groups is 1. The molecule has 1 aromatic carbocycles. The maximum Gasteiger partial charge on any atom is 0.251 e. The van der Waals surface area contributed by atoms with Crippen LogP contribution in [0.15, 0.2) is 35.5 Å². The van der Waals surface area contributed by atoms with Crippen LogP contribution in [0.4, 0.5) is 8.78 Å². The number of hydrogen-bond acceptors (Lipinski definition) is 2. The van der Waals surface area contributed by atoms with Crippen molar-refractivity contribution in [2.45, 2.75) is 38.2 Å². The summed E-state index contributed by atoms with van der Waals surface area (Å²) >= 11 is 0. The van der Waals surface area contributed by atoms with Crippen molar-refractivity contribution in [3.63, 3.8) is 0 Å². The molecule has 0 saturated carbocycles. The molecule has 3 N–H and O–H groups in total. The van der Waals surface area contributed by atoms with E-state index in [1.165, 1.54) is 16.5 Å². The fraction of sp³-hybridized carbons (Fsp3) is 0.550. The van der Waals surface area contributed by atoms with Crippen molar-refractivity contribution < 1.29 is 8.78 Å². The number of aryl methyl sites for hydroxylation is 1. The highest BCUT2D eigenvalue weighted by molar-refractivity contribution is 5.83. The minimum Gasteiger partial charge on any atom is -0.361 e. The lowest BCUT2D eigenvalue weighted by Crippen LogP contribution is -2.49. The van der Waals surface area contributed by atoms with Gasteiger partial charge in [0.05, 0.1) is 6.54 Å². The monoisotopic (exact) mass is 377 g/mol. The molecule has 0 bridgehead atoms. The maximum absolute atomic E-state index is 12.5. The number of likely N-dealkylation sites (tertiary alicyclic amines) is 1. The molecular weight excluding hydrogens is 348 g/mol. The summed E-state index contributed by atoms with van der Waals surface area (Å²) < 4.78 is 24.9. The summed E-state index contributed by atoms with van der Waals surface area (Å²) in [5.74, 6) is 0.793. The van der Waals surface area contributed by atoms with Gasteiger partial charge in [0, 0.05) is 49.8 Å². The summed E-state index contributed by atoms with van der Waals surface area (Å²) in [5.41, 5.74) is 2.51. The second kappa shape index (κ2) is 9.69. The van der Waals surface area contributed by atoms with Gasteiger partial charge in [-0.3, -0.25) is 9.89 Å². The largest absolute Gasteiger partial charge is 0.361 e. The highest BCUT2D eigenvalue weighted by Crippen LogP contribution is 2.18. The van der Waals surface area contributed by atoms with Gasteiger partial charge in [-0.25, -0.2) is 8.78 Å². The molecule has 1 saturated heterocycles. The molecule has 1 aromatic heterocycles. The van der Waals surface area contributed by atoms with Gasteiger partial charge in [-0.05, 0) is 37.3 Å². The van der Waals surface area contributed by atoms with Crippen molar-refractivity contribution in [2.75, 3.05) is 33.2 Å². The molecule has 2 aromatic rings. The van der Waals surface area contributed by atoms with Gasteiger partial charge in [-0.2, -0.15) is 0 Å². The standard InChI is InChI=1S/C20H29F2N5/c1-23-20(26-16-8-11-27(12-9-16)14-19(21)22)24-10-4-5-15-13-25-18-7-3-2-6-17(15)18/h2-3,6-7,13,16,19,25H,4-5,8-12,14H2,1H3,(H2,23,24,26). The Morgan fingerprint density at radius 1 is 1.30 bits per heavy atom.